The van der Waals surface area contributed by atoms with Crippen molar-refractivity contribution in [2.24, 2.45) is 0 Å². The average Bonchev–Trinajstić information content (AvgIpc) is 3.00. The second kappa shape index (κ2) is 5.88. The van der Waals surface area contributed by atoms with Gasteiger partial charge in [0.1, 0.15) is 5.75 Å². The average molecular weight is 300 g/mol. The van der Waals surface area contributed by atoms with Crippen LogP contribution >= 0.6 is 0 Å². The van der Waals surface area contributed by atoms with E-state index in [2.05, 4.69) is 15.5 Å². The van der Waals surface area contributed by atoms with Crippen LogP contribution in [0.15, 0.2) is 36.7 Å². The summed E-state index contributed by atoms with van der Waals surface area (Å²) in [5.74, 6) is 0.338. The molecule has 0 radical (unpaired) electrons. The Kier molecular flexibility index (Phi) is 3.78. The molecular formula is C15H16N4O3. The molecule has 2 aromatic rings. The number of fused-ring (bicyclic) bond motifs is 1. The molecule has 0 saturated heterocycles. The zero-order chi connectivity index (χ0) is 15.5. The van der Waals surface area contributed by atoms with Crippen LogP contribution in [0.4, 0.5) is 11.4 Å². The molecule has 1 unspecified atom stereocenters. The summed E-state index contributed by atoms with van der Waals surface area (Å²) in [6.07, 6.45) is 2.76. The van der Waals surface area contributed by atoms with Gasteiger partial charge in [0.25, 0.3) is 5.91 Å². The maximum absolute atomic E-state index is 12.3. The van der Waals surface area contributed by atoms with E-state index in [1.165, 1.54) is 6.20 Å². The molecule has 0 fully saturated rings. The molecule has 1 aromatic heterocycles. The highest BCUT2D eigenvalue weighted by Gasteiger charge is 2.31. The topological polar surface area (TPSA) is 87.3 Å². The zero-order valence-corrected chi connectivity index (χ0v) is 12.1. The summed E-state index contributed by atoms with van der Waals surface area (Å²) >= 11 is 0. The number of anilines is 2. The highest BCUT2D eigenvalue weighted by Crippen LogP contribution is 2.33. The van der Waals surface area contributed by atoms with Crippen molar-refractivity contribution in [3.05, 3.63) is 36.7 Å². The Morgan fingerprint density at radius 2 is 2.27 bits per heavy atom. The largest absolute Gasteiger partial charge is 0.479 e. The van der Waals surface area contributed by atoms with E-state index in [9.17, 15) is 9.59 Å². The van der Waals surface area contributed by atoms with Crippen molar-refractivity contribution >= 4 is 23.2 Å². The number of aromatic nitrogens is 2. The second-order valence-corrected chi connectivity index (χ2v) is 5.00. The number of carbonyl (C=O) groups is 2. The lowest BCUT2D eigenvalue weighted by molar-refractivity contribution is -0.125. The zero-order valence-electron chi connectivity index (χ0n) is 12.1. The number of carbonyl (C=O) groups excluding carboxylic acids is 2. The normalized spacial score (nSPS) is 16.9. The van der Waals surface area contributed by atoms with Crippen molar-refractivity contribution in [1.82, 2.24) is 10.2 Å². The maximum atomic E-state index is 12.3. The predicted octanol–water partition coefficient (Wildman–Crippen LogP) is 1.55. The highest BCUT2D eigenvalue weighted by atomic mass is 16.5. The number of ether oxygens (including phenoxy) is 1. The number of benzene rings is 1. The molecule has 1 aliphatic heterocycles. The minimum atomic E-state index is -0.549. The Bertz CT molecular complexity index is 684. The van der Waals surface area contributed by atoms with Gasteiger partial charge in [-0.2, -0.15) is 5.10 Å². The summed E-state index contributed by atoms with van der Waals surface area (Å²) < 4.78 is 5.56. The lowest BCUT2D eigenvalue weighted by Gasteiger charge is -2.32. The number of rotatable bonds is 4. The standard InChI is InChI=1S/C15H16N4O3/c1-10-15(21)19(12-4-2-3-5-13(12)22-10)7-6-14(20)18-11-8-16-17-9-11/h2-5,8-10H,6-7H2,1H3,(H,16,17)(H,18,20). The molecule has 22 heavy (non-hydrogen) atoms. The fourth-order valence-electron chi connectivity index (χ4n) is 2.35. The van der Waals surface area contributed by atoms with Crippen LogP contribution in [0.3, 0.4) is 0 Å². The van der Waals surface area contributed by atoms with E-state index in [4.69, 9.17) is 4.74 Å². The van der Waals surface area contributed by atoms with Crippen LogP contribution < -0.4 is 15.0 Å². The van der Waals surface area contributed by atoms with Crippen LogP contribution in [0.1, 0.15) is 13.3 Å². The third kappa shape index (κ3) is 2.78. The van der Waals surface area contributed by atoms with Crippen molar-refractivity contribution in [1.29, 1.82) is 0 Å². The molecule has 114 valence electrons. The fourth-order valence-corrected chi connectivity index (χ4v) is 2.35. The van der Waals surface area contributed by atoms with Gasteiger partial charge in [0, 0.05) is 19.2 Å². The van der Waals surface area contributed by atoms with E-state index < -0.39 is 6.10 Å². The van der Waals surface area contributed by atoms with Crippen LogP contribution in [0.5, 0.6) is 5.75 Å². The first-order chi connectivity index (χ1) is 10.6. The van der Waals surface area contributed by atoms with Crippen molar-refractivity contribution in [2.45, 2.75) is 19.4 Å². The number of aromatic amines is 1. The van der Waals surface area contributed by atoms with Crippen LogP contribution in [-0.4, -0.2) is 34.7 Å². The number of amides is 2. The summed E-state index contributed by atoms with van der Waals surface area (Å²) in [6, 6.07) is 7.32. The van der Waals surface area contributed by atoms with Crippen molar-refractivity contribution in [3.8, 4) is 5.75 Å². The number of para-hydroxylation sites is 2. The van der Waals surface area contributed by atoms with Gasteiger partial charge in [-0.1, -0.05) is 12.1 Å². The van der Waals surface area contributed by atoms with E-state index in [1.807, 2.05) is 24.3 Å². The van der Waals surface area contributed by atoms with Gasteiger partial charge in [0.05, 0.1) is 17.6 Å². The van der Waals surface area contributed by atoms with Gasteiger partial charge in [0.2, 0.25) is 5.91 Å². The maximum Gasteiger partial charge on any atom is 0.267 e. The summed E-state index contributed by atoms with van der Waals surface area (Å²) in [7, 11) is 0. The highest BCUT2D eigenvalue weighted by molar-refractivity contribution is 6.00. The number of nitrogens with one attached hydrogen (secondary N) is 2. The van der Waals surface area contributed by atoms with Crippen LogP contribution in [0, 0.1) is 0 Å². The number of nitrogens with zero attached hydrogens (tertiary/aromatic N) is 2. The summed E-state index contributed by atoms with van der Waals surface area (Å²) in [6.45, 7) is 2.00. The molecule has 0 saturated carbocycles. The molecule has 0 bridgehead atoms. The van der Waals surface area contributed by atoms with E-state index >= 15 is 0 Å². The molecule has 0 spiro atoms. The second-order valence-electron chi connectivity index (χ2n) is 5.00. The molecule has 1 aliphatic rings. The Morgan fingerprint density at radius 3 is 3.05 bits per heavy atom. The minimum absolute atomic E-state index is 0.144. The van der Waals surface area contributed by atoms with Crippen molar-refractivity contribution in [2.75, 3.05) is 16.8 Å². The first-order valence-electron chi connectivity index (χ1n) is 7.01. The molecule has 1 aromatic carbocycles. The minimum Gasteiger partial charge on any atom is -0.479 e. The van der Waals surface area contributed by atoms with Crippen LogP contribution in [0.2, 0.25) is 0 Å². The molecule has 2 N–H and O–H groups in total. The molecule has 2 amide bonds. The van der Waals surface area contributed by atoms with Gasteiger partial charge >= 0.3 is 0 Å². The van der Waals surface area contributed by atoms with E-state index in [0.717, 1.165) is 0 Å². The SMILES string of the molecule is CC1Oc2ccccc2N(CCC(=O)Nc2cn[nH]c2)C1=O. The number of hydrogen-bond acceptors (Lipinski definition) is 4. The van der Waals surface area contributed by atoms with Gasteiger partial charge in [-0.05, 0) is 19.1 Å². The van der Waals surface area contributed by atoms with Crippen LogP contribution in [-0.2, 0) is 9.59 Å². The third-order valence-corrected chi connectivity index (χ3v) is 3.42. The molecule has 0 aliphatic carbocycles. The third-order valence-electron chi connectivity index (χ3n) is 3.42. The summed E-state index contributed by atoms with van der Waals surface area (Å²) in [4.78, 5) is 25.8. The first kappa shape index (κ1) is 14.1. The molecule has 2 heterocycles. The molecular weight excluding hydrogens is 284 g/mol. The fraction of sp³-hybridized carbons (Fsp3) is 0.267. The Hall–Kier alpha value is -2.83. The Morgan fingerprint density at radius 1 is 1.45 bits per heavy atom. The van der Waals surface area contributed by atoms with Crippen LogP contribution in [0.25, 0.3) is 0 Å². The Labute approximate surface area is 127 Å². The number of hydrogen-bond donors (Lipinski definition) is 2. The smallest absolute Gasteiger partial charge is 0.267 e. The quantitative estimate of drug-likeness (QED) is 0.897. The van der Waals surface area contributed by atoms with Gasteiger partial charge in [0.15, 0.2) is 6.10 Å². The van der Waals surface area contributed by atoms with Gasteiger partial charge in [-0.25, -0.2) is 0 Å². The van der Waals surface area contributed by atoms with E-state index in [1.54, 1.807) is 18.0 Å². The summed E-state index contributed by atoms with van der Waals surface area (Å²) in [5, 5.41) is 9.09. The van der Waals surface area contributed by atoms with Gasteiger partial charge in [-0.3, -0.25) is 14.7 Å². The van der Waals surface area contributed by atoms with Gasteiger partial charge in [-0.15, -0.1) is 0 Å². The number of H-pyrrole nitrogens is 1. The lowest BCUT2D eigenvalue weighted by Crippen LogP contribution is -2.45. The summed E-state index contributed by atoms with van der Waals surface area (Å²) in [5.41, 5.74) is 1.30. The van der Waals surface area contributed by atoms with E-state index in [0.29, 0.717) is 23.7 Å². The molecule has 3 rings (SSSR count). The van der Waals surface area contributed by atoms with Crippen molar-refractivity contribution < 1.29 is 14.3 Å². The monoisotopic (exact) mass is 300 g/mol. The predicted molar refractivity (Wildman–Crippen MR) is 80.7 cm³/mol. The van der Waals surface area contributed by atoms with Crippen molar-refractivity contribution in [3.63, 3.8) is 0 Å². The molecule has 7 nitrogen and oxygen atoms in total. The lowest BCUT2D eigenvalue weighted by atomic mass is 10.1. The molecule has 1 atom stereocenters. The molecule has 7 heteroatoms. The first-order valence-corrected chi connectivity index (χ1v) is 7.01. The van der Waals surface area contributed by atoms with Gasteiger partial charge < -0.3 is 15.0 Å². The Balaban J connectivity index is 1.68. The van der Waals surface area contributed by atoms with E-state index in [-0.39, 0.29) is 18.2 Å².